The molecule has 0 N–H and O–H groups in total. The van der Waals surface area contributed by atoms with Gasteiger partial charge in [-0.3, -0.25) is 0 Å². The molecule has 1 aliphatic carbocycles. The van der Waals surface area contributed by atoms with Crippen LogP contribution in [0, 0.1) is 0 Å². The van der Waals surface area contributed by atoms with Crippen LogP contribution in [0.25, 0.3) is 60.9 Å². The zero-order valence-electron chi connectivity index (χ0n) is 28.2. The molecule has 0 amide bonds. The summed E-state index contributed by atoms with van der Waals surface area (Å²) < 4.78 is 2.40. The van der Waals surface area contributed by atoms with Crippen LogP contribution in [0.4, 0.5) is 11.4 Å². The first-order chi connectivity index (χ1) is 25.3. The van der Waals surface area contributed by atoms with Gasteiger partial charge in [-0.05, 0) is 100 Å². The van der Waals surface area contributed by atoms with E-state index < -0.39 is 0 Å². The number of anilines is 2. The molecule has 1 aromatic heterocycles. The van der Waals surface area contributed by atoms with Crippen LogP contribution in [0.2, 0.25) is 0 Å². The first-order valence-corrected chi connectivity index (χ1v) is 17.6. The average molecular weight is 653 g/mol. The van der Waals surface area contributed by atoms with Crippen molar-refractivity contribution in [2.45, 2.75) is 6.42 Å². The van der Waals surface area contributed by atoms with E-state index in [4.69, 9.17) is 0 Å². The van der Waals surface area contributed by atoms with Gasteiger partial charge in [-0.2, -0.15) is 0 Å². The van der Waals surface area contributed by atoms with E-state index in [-0.39, 0.29) is 0 Å². The Morgan fingerprint density at radius 2 is 0.980 bits per heavy atom. The maximum atomic E-state index is 2.40. The van der Waals surface area contributed by atoms with Gasteiger partial charge in [0, 0.05) is 33.5 Å². The SMILES string of the molecule is C1=CCC=CC(N(c2ccccc2)c2ccc3c4cc(-c5ccc(-c6ccc(-c7ccccc7)cc6)cc5)ccc4n(-c4ccccc4)c3c2)=C1. The number of nitrogens with zero attached hydrogens (tertiary/aromatic N) is 2. The van der Waals surface area contributed by atoms with Crippen molar-refractivity contribution in [3.8, 4) is 39.1 Å². The summed E-state index contributed by atoms with van der Waals surface area (Å²) in [4.78, 5) is 2.35. The number of rotatable bonds is 7. The number of para-hydroxylation sites is 2. The first-order valence-electron chi connectivity index (χ1n) is 17.6. The zero-order chi connectivity index (χ0) is 34.0. The van der Waals surface area contributed by atoms with Gasteiger partial charge >= 0.3 is 0 Å². The smallest absolute Gasteiger partial charge is 0.0561 e. The number of fused-ring (bicyclic) bond motifs is 3. The van der Waals surface area contributed by atoms with Crippen LogP contribution in [-0.2, 0) is 0 Å². The highest BCUT2D eigenvalue weighted by Gasteiger charge is 2.18. The molecule has 0 saturated carbocycles. The second kappa shape index (κ2) is 13.3. The fourth-order valence-electron chi connectivity index (χ4n) is 7.27. The molecule has 0 fully saturated rings. The summed E-state index contributed by atoms with van der Waals surface area (Å²) in [6.45, 7) is 0. The molecule has 0 atom stereocenters. The molecule has 0 spiro atoms. The maximum absolute atomic E-state index is 2.40. The Balaban J connectivity index is 1.13. The Morgan fingerprint density at radius 3 is 1.65 bits per heavy atom. The van der Waals surface area contributed by atoms with E-state index in [0.29, 0.717) is 0 Å². The topological polar surface area (TPSA) is 8.17 Å². The van der Waals surface area contributed by atoms with E-state index >= 15 is 0 Å². The third-order valence-electron chi connectivity index (χ3n) is 9.80. The Bertz CT molecular complexity index is 2550. The standard InChI is InChI=1S/C49H36N2/c1-2-9-17-42(16-8-1)50(43-18-10-4-11-19-43)45-31-32-46-47-34-41(30-33-48(47)51(49(46)35-45)44-20-12-5-13-21-44)40-28-26-39(27-29-40)38-24-22-37(23-25-38)36-14-6-3-7-15-36/h1,3-35H,2H2. The van der Waals surface area contributed by atoms with Crippen LogP contribution in [0.3, 0.4) is 0 Å². The van der Waals surface area contributed by atoms with Crippen molar-refractivity contribution >= 4 is 33.2 Å². The van der Waals surface area contributed by atoms with Crippen LogP contribution in [0.1, 0.15) is 6.42 Å². The molecule has 7 aromatic carbocycles. The highest BCUT2D eigenvalue weighted by Crippen LogP contribution is 2.39. The molecule has 8 aromatic rings. The lowest BCUT2D eigenvalue weighted by Crippen LogP contribution is -2.15. The van der Waals surface area contributed by atoms with Crippen molar-refractivity contribution in [3.05, 3.63) is 212 Å². The first kappa shape index (κ1) is 30.4. The van der Waals surface area contributed by atoms with Crippen molar-refractivity contribution in [1.82, 2.24) is 4.57 Å². The minimum atomic E-state index is 0.927. The Morgan fingerprint density at radius 1 is 0.412 bits per heavy atom. The largest absolute Gasteiger partial charge is 0.310 e. The third-order valence-corrected chi connectivity index (χ3v) is 9.80. The summed E-state index contributed by atoms with van der Waals surface area (Å²) in [6, 6.07) is 63.5. The van der Waals surface area contributed by atoms with Crippen molar-refractivity contribution in [1.29, 1.82) is 0 Å². The molecular weight excluding hydrogens is 617 g/mol. The summed E-state index contributed by atoms with van der Waals surface area (Å²) in [7, 11) is 0. The van der Waals surface area contributed by atoms with Crippen LogP contribution < -0.4 is 4.90 Å². The number of hydrogen-bond donors (Lipinski definition) is 0. The molecular formula is C49H36N2. The molecule has 0 radical (unpaired) electrons. The summed E-state index contributed by atoms with van der Waals surface area (Å²) in [5.41, 5.74) is 14.2. The molecule has 1 heterocycles. The lowest BCUT2D eigenvalue weighted by atomic mass is 9.97. The Hall–Kier alpha value is -6.64. The third kappa shape index (κ3) is 5.88. The van der Waals surface area contributed by atoms with Gasteiger partial charge in [-0.15, -0.1) is 0 Å². The van der Waals surface area contributed by atoms with Crippen LogP contribution in [0.5, 0.6) is 0 Å². The number of benzene rings is 7. The fraction of sp³-hybridized carbons (Fsp3) is 0.0204. The molecule has 2 nitrogen and oxygen atoms in total. The second-order valence-electron chi connectivity index (χ2n) is 13.0. The van der Waals surface area contributed by atoms with Crippen LogP contribution in [-0.4, -0.2) is 4.57 Å². The molecule has 9 rings (SSSR count). The summed E-state index contributed by atoms with van der Waals surface area (Å²) >= 11 is 0. The van der Waals surface area contributed by atoms with Gasteiger partial charge in [0.25, 0.3) is 0 Å². The lowest BCUT2D eigenvalue weighted by Gasteiger charge is -2.26. The van der Waals surface area contributed by atoms with E-state index in [1.165, 1.54) is 55.2 Å². The zero-order valence-corrected chi connectivity index (χ0v) is 28.2. The predicted molar refractivity (Wildman–Crippen MR) is 217 cm³/mol. The van der Waals surface area contributed by atoms with E-state index in [9.17, 15) is 0 Å². The van der Waals surface area contributed by atoms with Crippen LogP contribution in [0.15, 0.2) is 212 Å². The maximum Gasteiger partial charge on any atom is 0.0561 e. The lowest BCUT2D eigenvalue weighted by molar-refractivity contribution is 1.17. The van der Waals surface area contributed by atoms with Gasteiger partial charge in [-0.25, -0.2) is 0 Å². The predicted octanol–water partition coefficient (Wildman–Crippen LogP) is 13.3. The number of hydrogen-bond acceptors (Lipinski definition) is 1. The normalized spacial score (nSPS) is 12.6. The van der Waals surface area contributed by atoms with Crippen LogP contribution >= 0.6 is 0 Å². The Kier molecular flexibility index (Phi) is 7.96. The molecule has 0 aliphatic heterocycles. The fourth-order valence-corrected chi connectivity index (χ4v) is 7.27. The van der Waals surface area contributed by atoms with Crippen molar-refractivity contribution in [3.63, 3.8) is 0 Å². The van der Waals surface area contributed by atoms with Crippen molar-refractivity contribution < 1.29 is 0 Å². The Labute approximate surface area is 299 Å². The molecule has 0 bridgehead atoms. The summed E-state index contributed by atoms with van der Waals surface area (Å²) in [5, 5.41) is 2.47. The minimum Gasteiger partial charge on any atom is -0.310 e. The van der Waals surface area contributed by atoms with Gasteiger partial charge in [0.05, 0.1) is 11.0 Å². The average Bonchev–Trinajstić information content (AvgIpc) is 3.31. The molecule has 51 heavy (non-hydrogen) atoms. The van der Waals surface area contributed by atoms with E-state index in [2.05, 4.69) is 216 Å². The van der Waals surface area contributed by atoms with E-state index in [1.54, 1.807) is 0 Å². The van der Waals surface area contributed by atoms with Gasteiger partial charge in [0.1, 0.15) is 0 Å². The van der Waals surface area contributed by atoms with E-state index in [1.807, 2.05) is 0 Å². The van der Waals surface area contributed by atoms with Gasteiger partial charge in [0.15, 0.2) is 0 Å². The van der Waals surface area contributed by atoms with Crippen molar-refractivity contribution in [2.24, 2.45) is 0 Å². The monoisotopic (exact) mass is 652 g/mol. The molecule has 1 aliphatic rings. The molecule has 0 unspecified atom stereocenters. The number of aromatic nitrogens is 1. The summed E-state index contributed by atoms with van der Waals surface area (Å²) in [6.07, 6.45) is 11.9. The number of allylic oxidation sites excluding steroid dienone is 5. The van der Waals surface area contributed by atoms with Gasteiger partial charge < -0.3 is 9.47 Å². The quantitative estimate of drug-likeness (QED) is 0.166. The molecule has 242 valence electrons. The summed E-state index contributed by atoms with van der Waals surface area (Å²) in [5.74, 6) is 0. The molecule has 2 heteroatoms. The highest BCUT2D eigenvalue weighted by atomic mass is 15.1. The van der Waals surface area contributed by atoms with Crippen molar-refractivity contribution in [2.75, 3.05) is 4.90 Å². The van der Waals surface area contributed by atoms with Gasteiger partial charge in [0.2, 0.25) is 0 Å². The van der Waals surface area contributed by atoms with E-state index in [0.717, 1.165) is 29.2 Å². The van der Waals surface area contributed by atoms with Gasteiger partial charge in [-0.1, -0.05) is 146 Å². The minimum absolute atomic E-state index is 0.927. The second-order valence-corrected chi connectivity index (χ2v) is 13.0. The molecule has 0 saturated heterocycles. The highest BCUT2D eigenvalue weighted by molar-refractivity contribution is 6.11.